The van der Waals surface area contributed by atoms with E-state index in [-0.39, 0.29) is 18.4 Å². The lowest BCUT2D eigenvalue weighted by atomic mass is 10.1. The average Bonchev–Trinajstić information content (AvgIpc) is 2.61. The molecule has 2 unspecified atom stereocenters. The molecule has 1 saturated heterocycles. The first-order valence-corrected chi connectivity index (χ1v) is 5.96. The van der Waals surface area contributed by atoms with Crippen molar-refractivity contribution in [3.63, 3.8) is 0 Å². The van der Waals surface area contributed by atoms with Crippen molar-refractivity contribution in [3.05, 3.63) is 35.6 Å². The van der Waals surface area contributed by atoms with Crippen LogP contribution in [0.25, 0.3) is 0 Å². The predicted octanol–water partition coefficient (Wildman–Crippen LogP) is 2.43. The van der Waals surface area contributed by atoms with Gasteiger partial charge in [0.05, 0.1) is 6.42 Å². The summed E-state index contributed by atoms with van der Waals surface area (Å²) in [4.78, 5) is 10.8. The van der Waals surface area contributed by atoms with Crippen LogP contribution in [0.4, 0.5) is 13.2 Å². The summed E-state index contributed by atoms with van der Waals surface area (Å²) in [5.41, 5.74) is 0.831. The Balaban J connectivity index is 1.86. The fourth-order valence-electron chi connectivity index (χ4n) is 1.94. The van der Waals surface area contributed by atoms with Crippen LogP contribution in [0.15, 0.2) is 24.3 Å². The molecule has 19 heavy (non-hydrogen) atoms. The van der Waals surface area contributed by atoms with Gasteiger partial charge in [-0.3, -0.25) is 0 Å². The van der Waals surface area contributed by atoms with Crippen LogP contribution in [0.3, 0.4) is 0 Å². The first-order valence-electron chi connectivity index (χ1n) is 5.96. The number of nitrogens with one attached hydrogen (secondary N) is 1. The van der Waals surface area contributed by atoms with E-state index in [1.54, 1.807) is 12.1 Å². The van der Waals surface area contributed by atoms with Crippen LogP contribution in [-0.2, 0) is 9.53 Å². The quantitative estimate of drug-likeness (QED) is 0.856. The van der Waals surface area contributed by atoms with Gasteiger partial charge in [-0.05, 0) is 24.6 Å². The van der Waals surface area contributed by atoms with Crippen LogP contribution in [-0.4, -0.2) is 24.5 Å². The second-order valence-electron chi connectivity index (χ2n) is 4.62. The molecule has 0 aromatic heterocycles. The van der Waals surface area contributed by atoms with Gasteiger partial charge in [-0.2, -0.15) is 8.78 Å². The standard InChI is InChI=1S/C13H14F3NO2/c1-8(9-2-4-10(14)5-3-9)17-7-11-6-13(15,16)12(18)19-11/h2-5,8,11,17H,6-7H2,1H3. The Hall–Kier alpha value is -1.56. The highest BCUT2D eigenvalue weighted by Crippen LogP contribution is 2.30. The molecular formula is C13H14F3NO2. The van der Waals surface area contributed by atoms with E-state index in [4.69, 9.17) is 0 Å². The van der Waals surface area contributed by atoms with Gasteiger partial charge in [0.25, 0.3) is 0 Å². The van der Waals surface area contributed by atoms with Gasteiger partial charge in [-0.25, -0.2) is 9.18 Å². The molecule has 3 nitrogen and oxygen atoms in total. The minimum absolute atomic E-state index is 0.139. The molecule has 0 aliphatic carbocycles. The fraction of sp³-hybridized carbons (Fsp3) is 0.462. The molecule has 104 valence electrons. The molecule has 2 atom stereocenters. The number of alkyl halides is 2. The number of rotatable bonds is 4. The number of carbonyl (C=O) groups excluding carboxylic acids is 1. The van der Waals surface area contributed by atoms with Crippen molar-refractivity contribution in [2.75, 3.05) is 6.54 Å². The van der Waals surface area contributed by atoms with E-state index < -0.39 is 24.4 Å². The summed E-state index contributed by atoms with van der Waals surface area (Å²) in [6.07, 6.45) is -1.43. The van der Waals surface area contributed by atoms with Crippen molar-refractivity contribution in [2.24, 2.45) is 0 Å². The van der Waals surface area contributed by atoms with Gasteiger partial charge in [0, 0.05) is 12.6 Å². The topological polar surface area (TPSA) is 38.3 Å². The lowest BCUT2D eigenvalue weighted by Crippen LogP contribution is -2.29. The maximum atomic E-state index is 12.9. The number of ether oxygens (including phenoxy) is 1. The molecule has 1 fully saturated rings. The summed E-state index contributed by atoms with van der Waals surface area (Å²) in [6.45, 7) is 1.96. The summed E-state index contributed by atoms with van der Waals surface area (Å²) in [6, 6.07) is 5.74. The van der Waals surface area contributed by atoms with Crippen molar-refractivity contribution in [3.8, 4) is 0 Å². The molecule has 0 radical (unpaired) electrons. The molecule has 1 aliphatic heterocycles. The van der Waals surface area contributed by atoms with Crippen LogP contribution in [0.1, 0.15) is 24.9 Å². The summed E-state index contributed by atoms with van der Waals surface area (Å²) >= 11 is 0. The Morgan fingerprint density at radius 3 is 2.58 bits per heavy atom. The summed E-state index contributed by atoms with van der Waals surface area (Å²) in [5.74, 6) is -5.18. The predicted molar refractivity (Wildman–Crippen MR) is 62.3 cm³/mol. The summed E-state index contributed by atoms with van der Waals surface area (Å²) in [5, 5.41) is 2.99. The normalized spacial score (nSPS) is 23.2. The van der Waals surface area contributed by atoms with E-state index >= 15 is 0 Å². The molecule has 6 heteroatoms. The third kappa shape index (κ3) is 3.26. The number of cyclic esters (lactones) is 1. The van der Waals surface area contributed by atoms with Crippen molar-refractivity contribution >= 4 is 5.97 Å². The zero-order chi connectivity index (χ0) is 14.0. The highest BCUT2D eigenvalue weighted by Gasteiger charge is 2.50. The molecule has 0 spiro atoms. The fourth-order valence-corrected chi connectivity index (χ4v) is 1.94. The summed E-state index contributed by atoms with van der Waals surface area (Å²) in [7, 11) is 0. The van der Waals surface area contributed by atoms with Gasteiger partial charge < -0.3 is 10.1 Å². The molecule has 1 aliphatic rings. The minimum atomic E-state index is -3.38. The number of halogens is 3. The van der Waals surface area contributed by atoms with Gasteiger partial charge in [-0.1, -0.05) is 12.1 Å². The molecule has 1 aromatic rings. The van der Waals surface area contributed by atoms with Crippen LogP contribution < -0.4 is 5.32 Å². The lowest BCUT2D eigenvalue weighted by Gasteiger charge is -2.16. The molecule has 2 rings (SSSR count). The van der Waals surface area contributed by atoms with E-state index in [9.17, 15) is 18.0 Å². The third-order valence-corrected chi connectivity index (χ3v) is 3.08. The monoisotopic (exact) mass is 273 g/mol. The molecule has 0 saturated carbocycles. The number of hydrogen-bond donors (Lipinski definition) is 1. The average molecular weight is 273 g/mol. The molecule has 1 aromatic carbocycles. The van der Waals surface area contributed by atoms with Crippen LogP contribution in [0.2, 0.25) is 0 Å². The second kappa shape index (κ2) is 5.21. The van der Waals surface area contributed by atoms with Crippen molar-refractivity contribution in [2.45, 2.75) is 31.4 Å². The maximum absolute atomic E-state index is 12.9. The van der Waals surface area contributed by atoms with Gasteiger partial charge in [0.15, 0.2) is 0 Å². The van der Waals surface area contributed by atoms with E-state index in [1.807, 2.05) is 6.92 Å². The number of carbonyl (C=O) groups is 1. The zero-order valence-electron chi connectivity index (χ0n) is 10.3. The zero-order valence-corrected chi connectivity index (χ0v) is 10.3. The SMILES string of the molecule is CC(NCC1CC(F)(F)C(=O)O1)c1ccc(F)cc1. The second-order valence-corrected chi connectivity index (χ2v) is 4.62. The van der Waals surface area contributed by atoms with Gasteiger partial charge in [0.2, 0.25) is 0 Å². The maximum Gasteiger partial charge on any atom is 0.377 e. The molecule has 1 N–H and O–H groups in total. The number of benzene rings is 1. The lowest BCUT2D eigenvalue weighted by molar-refractivity contribution is -0.159. The van der Waals surface area contributed by atoms with Crippen LogP contribution >= 0.6 is 0 Å². The van der Waals surface area contributed by atoms with Crippen molar-refractivity contribution < 1.29 is 22.7 Å². The Labute approximate surface area is 108 Å². The van der Waals surface area contributed by atoms with Crippen molar-refractivity contribution in [1.82, 2.24) is 5.32 Å². The highest BCUT2D eigenvalue weighted by atomic mass is 19.3. The van der Waals surface area contributed by atoms with E-state index in [0.29, 0.717) is 0 Å². The molecule has 0 bridgehead atoms. The largest absolute Gasteiger partial charge is 0.456 e. The third-order valence-electron chi connectivity index (χ3n) is 3.08. The highest BCUT2D eigenvalue weighted by molar-refractivity contribution is 5.79. The Morgan fingerprint density at radius 2 is 2.05 bits per heavy atom. The Bertz CT molecular complexity index is 461. The Morgan fingerprint density at radius 1 is 1.42 bits per heavy atom. The van der Waals surface area contributed by atoms with E-state index in [1.165, 1.54) is 12.1 Å². The van der Waals surface area contributed by atoms with Crippen molar-refractivity contribution in [1.29, 1.82) is 0 Å². The van der Waals surface area contributed by atoms with Gasteiger partial charge in [-0.15, -0.1) is 0 Å². The molecule has 0 amide bonds. The van der Waals surface area contributed by atoms with E-state index in [2.05, 4.69) is 10.1 Å². The number of hydrogen-bond acceptors (Lipinski definition) is 3. The van der Waals surface area contributed by atoms with Gasteiger partial charge >= 0.3 is 11.9 Å². The first-order chi connectivity index (χ1) is 8.88. The number of esters is 1. The van der Waals surface area contributed by atoms with Crippen LogP contribution in [0.5, 0.6) is 0 Å². The van der Waals surface area contributed by atoms with Gasteiger partial charge in [0.1, 0.15) is 11.9 Å². The smallest absolute Gasteiger partial charge is 0.377 e. The summed E-state index contributed by atoms with van der Waals surface area (Å²) < 4.78 is 43.2. The first kappa shape index (κ1) is 13.9. The molecule has 1 heterocycles. The molecular weight excluding hydrogens is 259 g/mol. The van der Waals surface area contributed by atoms with E-state index in [0.717, 1.165) is 5.56 Å². The Kier molecular flexibility index (Phi) is 3.80. The van der Waals surface area contributed by atoms with Crippen LogP contribution in [0, 0.1) is 5.82 Å². The minimum Gasteiger partial charge on any atom is -0.456 e.